The molecule has 0 unspecified atom stereocenters. The summed E-state index contributed by atoms with van der Waals surface area (Å²) in [6.45, 7) is 2.29. The number of nitrogens with zero attached hydrogens (tertiary/aromatic N) is 1. The number of nitrogen functional groups attached to an aromatic ring is 1. The number of quaternary nitrogens is 1. The lowest BCUT2D eigenvalue weighted by Crippen LogP contribution is -3.08. The van der Waals surface area contributed by atoms with Gasteiger partial charge in [-0.25, -0.2) is 4.79 Å². The summed E-state index contributed by atoms with van der Waals surface area (Å²) in [5.41, 5.74) is 10.7. The van der Waals surface area contributed by atoms with Gasteiger partial charge in [0.1, 0.15) is 0 Å². The fourth-order valence-electron chi connectivity index (χ4n) is 3.61. The predicted octanol–water partition coefficient (Wildman–Crippen LogP) is 1.01. The van der Waals surface area contributed by atoms with E-state index in [9.17, 15) is 0 Å². The Morgan fingerprint density at radius 1 is 0.966 bits per heavy atom. The second-order valence-electron chi connectivity index (χ2n) is 6.89. The molecule has 4 N–H and O–H groups in total. The van der Waals surface area contributed by atoms with Crippen LogP contribution in [0.4, 0.5) is 11.5 Å². The largest absolute Gasteiger partial charge is 0.539 e. The highest BCUT2D eigenvalue weighted by Gasteiger charge is 2.25. The number of piperidine rings is 1. The van der Waals surface area contributed by atoms with E-state index in [1.165, 1.54) is 24.2 Å². The number of hydrogen-bond acceptors (Lipinski definition) is 5. The van der Waals surface area contributed by atoms with Crippen LogP contribution >= 0.6 is 0 Å². The highest BCUT2D eigenvalue weighted by atomic mass is 16.4. The molecule has 0 aliphatic carbocycles. The molecule has 0 radical (unpaired) electrons. The highest BCUT2D eigenvalue weighted by molar-refractivity contribution is 6.26. The van der Waals surface area contributed by atoms with Crippen molar-refractivity contribution in [2.45, 2.75) is 19.3 Å². The first-order chi connectivity index (χ1) is 14.0. The summed E-state index contributed by atoms with van der Waals surface area (Å²) in [4.78, 5) is 24.5. The Balaban J connectivity index is 0.000000353. The summed E-state index contributed by atoms with van der Waals surface area (Å²) in [7, 11) is 0. The van der Waals surface area contributed by atoms with Crippen LogP contribution in [0, 0.1) is 0 Å². The van der Waals surface area contributed by atoms with Gasteiger partial charge in [-0.2, -0.15) is 4.98 Å². The van der Waals surface area contributed by atoms with Gasteiger partial charge in [0.15, 0.2) is 5.97 Å². The quantitative estimate of drug-likeness (QED) is 0.559. The van der Waals surface area contributed by atoms with Crippen LogP contribution in [0.25, 0.3) is 22.0 Å². The van der Waals surface area contributed by atoms with Crippen molar-refractivity contribution in [1.29, 1.82) is 0 Å². The van der Waals surface area contributed by atoms with Crippen LogP contribution in [0.5, 0.6) is 0 Å². The van der Waals surface area contributed by atoms with Crippen LogP contribution in [0.1, 0.15) is 19.3 Å². The molecule has 7 heteroatoms. The molecular weight excluding hydrogens is 370 g/mol. The molecule has 0 saturated carbocycles. The van der Waals surface area contributed by atoms with E-state index in [0.717, 1.165) is 46.6 Å². The average Bonchev–Trinajstić information content (AvgIpc) is 2.75. The number of nitrogens with one attached hydrogen (secondary N) is 1. The number of benzene rings is 2. The number of carbonyl (C=O) groups is 2. The van der Waals surface area contributed by atoms with Crippen LogP contribution < -0.4 is 15.7 Å². The first-order valence-corrected chi connectivity index (χ1v) is 9.52. The number of anilines is 1. The number of hydrogen-bond donors (Lipinski definition) is 3. The van der Waals surface area contributed by atoms with Crippen molar-refractivity contribution in [2.75, 3.05) is 18.8 Å². The van der Waals surface area contributed by atoms with Crippen LogP contribution in [0.15, 0.2) is 54.6 Å². The van der Waals surface area contributed by atoms with Crippen LogP contribution in [-0.4, -0.2) is 35.1 Å². The number of para-hydroxylation sites is 1. The van der Waals surface area contributed by atoms with Crippen LogP contribution in [-0.2, 0) is 9.59 Å². The lowest BCUT2D eigenvalue weighted by atomic mass is 10.00. The zero-order chi connectivity index (χ0) is 20.8. The summed E-state index contributed by atoms with van der Waals surface area (Å²) in [6.07, 6.45) is 3.85. The topological polar surface area (TPSA) is 121 Å². The van der Waals surface area contributed by atoms with E-state index in [-0.39, 0.29) is 0 Å². The van der Waals surface area contributed by atoms with Gasteiger partial charge >= 0.3 is 5.97 Å². The highest BCUT2D eigenvalue weighted by Crippen LogP contribution is 2.35. The third-order valence-corrected chi connectivity index (χ3v) is 4.96. The monoisotopic (exact) mass is 393 g/mol. The van der Waals surface area contributed by atoms with Crippen molar-refractivity contribution in [1.82, 2.24) is 4.98 Å². The Kier molecular flexibility index (Phi) is 6.41. The zero-order valence-electron chi connectivity index (χ0n) is 15.9. The molecule has 1 aliphatic heterocycles. The number of nitrogens with two attached hydrogens (primary N) is 1. The fourth-order valence-corrected chi connectivity index (χ4v) is 3.61. The number of fused-ring (bicyclic) bond motifs is 1. The van der Waals surface area contributed by atoms with Crippen molar-refractivity contribution in [3.8, 4) is 11.1 Å². The zero-order valence-corrected chi connectivity index (χ0v) is 15.9. The molecule has 29 heavy (non-hydrogen) atoms. The minimum atomic E-state index is -2.07. The van der Waals surface area contributed by atoms with E-state index in [4.69, 9.17) is 30.5 Å². The molecule has 1 aliphatic rings. The van der Waals surface area contributed by atoms with Gasteiger partial charge in [-0.3, -0.25) is 4.90 Å². The van der Waals surface area contributed by atoms with E-state index in [2.05, 4.69) is 36.4 Å². The summed E-state index contributed by atoms with van der Waals surface area (Å²) < 4.78 is 0. The molecule has 1 aromatic heterocycles. The number of aromatic nitrogens is 1. The SMILES string of the molecule is Nc1c(-c2ccccc2)c([NH+]2CCCCC2)nc2ccccc12.O=C([O-])C(=O)O. The minimum absolute atomic E-state index is 0.856. The van der Waals surface area contributed by atoms with E-state index in [1.54, 1.807) is 0 Å². The summed E-state index contributed by atoms with van der Waals surface area (Å²) >= 11 is 0. The number of rotatable bonds is 2. The minimum Gasteiger partial charge on any atom is -0.539 e. The van der Waals surface area contributed by atoms with E-state index in [1.807, 2.05) is 18.2 Å². The Labute approximate surface area is 168 Å². The maximum Gasteiger partial charge on any atom is 0.351 e. The fraction of sp³-hybridized carbons (Fsp3) is 0.227. The summed E-state index contributed by atoms with van der Waals surface area (Å²) in [5, 5.41) is 17.4. The molecule has 0 spiro atoms. The lowest BCUT2D eigenvalue weighted by Gasteiger charge is -2.25. The van der Waals surface area contributed by atoms with Gasteiger partial charge in [0.25, 0.3) is 0 Å². The maximum atomic E-state index is 9.04. The number of carboxylic acids is 2. The number of pyridine rings is 1. The lowest BCUT2D eigenvalue weighted by molar-refractivity contribution is -0.840. The van der Waals surface area contributed by atoms with Crippen molar-refractivity contribution in [3.63, 3.8) is 0 Å². The number of carbonyl (C=O) groups excluding carboxylic acids is 1. The third-order valence-electron chi connectivity index (χ3n) is 4.96. The first-order valence-electron chi connectivity index (χ1n) is 9.52. The van der Waals surface area contributed by atoms with Crippen molar-refractivity contribution >= 4 is 34.3 Å². The van der Waals surface area contributed by atoms with Crippen molar-refractivity contribution in [3.05, 3.63) is 54.6 Å². The molecule has 4 rings (SSSR count). The molecule has 7 nitrogen and oxygen atoms in total. The molecule has 2 heterocycles. The maximum absolute atomic E-state index is 9.04. The number of carboxylic acid groups (broad SMARTS) is 2. The van der Waals surface area contributed by atoms with Crippen molar-refractivity contribution in [2.24, 2.45) is 0 Å². The Morgan fingerprint density at radius 3 is 2.17 bits per heavy atom. The average molecular weight is 393 g/mol. The smallest absolute Gasteiger partial charge is 0.351 e. The molecule has 3 aromatic rings. The van der Waals surface area contributed by atoms with E-state index < -0.39 is 11.9 Å². The Hall–Kier alpha value is -3.45. The standard InChI is InChI=1S/C20H21N3.C2H2O4/c21-19-16-11-5-6-12-17(16)22-20(23-13-7-2-8-14-23)18(19)15-9-3-1-4-10-15;3-1(4)2(5)6/h1,3-6,9-12H,2,7-8,13-14H2,(H2,21,22);(H,3,4)(H,5,6). The van der Waals surface area contributed by atoms with Gasteiger partial charge in [-0.15, -0.1) is 0 Å². The van der Waals surface area contributed by atoms with Gasteiger partial charge < -0.3 is 20.7 Å². The summed E-state index contributed by atoms with van der Waals surface area (Å²) in [5.74, 6) is -2.89. The van der Waals surface area contributed by atoms with Gasteiger partial charge in [0, 0.05) is 5.39 Å². The third kappa shape index (κ3) is 4.70. The molecule has 0 amide bonds. The number of aliphatic carboxylic acids is 2. The van der Waals surface area contributed by atoms with Gasteiger partial charge in [0.05, 0.1) is 29.9 Å². The molecule has 1 fully saturated rings. The second kappa shape index (κ2) is 9.16. The molecular formula is C22H23N3O4. The second-order valence-corrected chi connectivity index (χ2v) is 6.89. The Bertz CT molecular complexity index is 1000. The van der Waals surface area contributed by atoms with Gasteiger partial charge in [-0.1, -0.05) is 48.5 Å². The predicted molar refractivity (Wildman–Crippen MR) is 108 cm³/mol. The van der Waals surface area contributed by atoms with Crippen molar-refractivity contribution < 1.29 is 24.7 Å². The van der Waals surface area contributed by atoms with Gasteiger partial charge in [-0.05, 0) is 30.9 Å². The normalized spacial score (nSPS) is 14.1. The molecule has 0 bridgehead atoms. The van der Waals surface area contributed by atoms with Crippen LogP contribution in [0.2, 0.25) is 0 Å². The molecule has 0 atom stereocenters. The van der Waals surface area contributed by atoms with E-state index >= 15 is 0 Å². The molecule has 2 aromatic carbocycles. The Morgan fingerprint density at radius 2 is 1.55 bits per heavy atom. The van der Waals surface area contributed by atoms with E-state index in [0.29, 0.717) is 0 Å². The molecule has 150 valence electrons. The summed E-state index contributed by atoms with van der Waals surface area (Å²) in [6, 6.07) is 18.6. The van der Waals surface area contributed by atoms with Crippen LogP contribution in [0.3, 0.4) is 0 Å². The first kappa shape index (κ1) is 20.3. The molecule has 1 saturated heterocycles. The van der Waals surface area contributed by atoms with Gasteiger partial charge in [0.2, 0.25) is 5.82 Å².